The summed E-state index contributed by atoms with van der Waals surface area (Å²) in [6.45, 7) is 3.97. The van der Waals surface area contributed by atoms with Gasteiger partial charge in [0.15, 0.2) is 0 Å². The van der Waals surface area contributed by atoms with Gasteiger partial charge < -0.3 is 10.6 Å². The first-order chi connectivity index (χ1) is 12.5. The maximum atomic E-state index is 12.3. The van der Waals surface area contributed by atoms with Gasteiger partial charge in [-0.25, -0.2) is 9.89 Å². The van der Waals surface area contributed by atoms with Crippen LogP contribution in [-0.4, -0.2) is 16.2 Å². The van der Waals surface area contributed by atoms with Gasteiger partial charge in [0.1, 0.15) is 0 Å². The minimum absolute atomic E-state index is 0.111. The molecule has 6 heteroatoms. The molecule has 0 radical (unpaired) electrons. The number of carbonyl (C=O) groups is 1. The highest BCUT2D eigenvalue weighted by Crippen LogP contribution is 2.20. The number of aromatic nitrogens is 2. The molecular weight excluding hydrogens is 328 g/mol. The van der Waals surface area contributed by atoms with Crippen LogP contribution in [0, 0.1) is 6.92 Å². The summed E-state index contributed by atoms with van der Waals surface area (Å²) in [5.41, 5.74) is 4.02. The van der Waals surface area contributed by atoms with Gasteiger partial charge in [0.2, 0.25) is 0 Å². The first-order valence-electron chi connectivity index (χ1n) is 8.32. The van der Waals surface area contributed by atoms with Crippen molar-refractivity contribution in [1.29, 1.82) is 0 Å². The Hall–Kier alpha value is -3.41. The van der Waals surface area contributed by atoms with Crippen LogP contribution in [0.2, 0.25) is 0 Å². The predicted molar refractivity (Wildman–Crippen MR) is 102 cm³/mol. The van der Waals surface area contributed by atoms with Gasteiger partial charge in [-0.1, -0.05) is 36.4 Å². The smallest absolute Gasteiger partial charge is 0.319 e. The Bertz CT molecular complexity index is 961. The second-order valence-corrected chi connectivity index (χ2v) is 6.06. The molecule has 2 aromatic carbocycles. The van der Waals surface area contributed by atoms with Crippen LogP contribution in [0.1, 0.15) is 24.1 Å². The van der Waals surface area contributed by atoms with E-state index in [2.05, 4.69) is 20.8 Å². The highest BCUT2D eigenvalue weighted by atomic mass is 16.2. The fraction of sp³-hybridized carbons (Fsp3) is 0.150. The number of rotatable bonds is 4. The summed E-state index contributed by atoms with van der Waals surface area (Å²) in [5, 5.41) is 12.2. The Kier molecular flexibility index (Phi) is 5.12. The molecule has 3 rings (SSSR count). The molecule has 0 bridgehead atoms. The first kappa shape index (κ1) is 17.4. The Labute approximate surface area is 151 Å². The normalized spacial score (nSPS) is 11.6. The number of H-pyrrole nitrogens is 1. The standard InChI is InChI=1S/C20H20N4O2/c1-13-6-3-4-9-17(13)14(2)21-20(26)22-16-8-5-7-15(12-16)18-10-11-19(25)24-23-18/h3-12,14H,1-2H3,(H,24,25)(H2,21,22,26). The number of hydrogen-bond donors (Lipinski definition) is 3. The van der Waals surface area contributed by atoms with Crippen molar-refractivity contribution >= 4 is 11.7 Å². The lowest BCUT2D eigenvalue weighted by Crippen LogP contribution is -2.31. The molecule has 132 valence electrons. The summed E-state index contributed by atoms with van der Waals surface area (Å²) in [6.07, 6.45) is 0. The van der Waals surface area contributed by atoms with Crippen molar-refractivity contribution in [1.82, 2.24) is 15.5 Å². The average molecular weight is 348 g/mol. The third kappa shape index (κ3) is 4.16. The van der Waals surface area contributed by atoms with Crippen molar-refractivity contribution in [3.8, 4) is 11.3 Å². The molecule has 26 heavy (non-hydrogen) atoms. The molecule has 0 spiro atoms. The number of aryl methyl sites for hydroxylation is 1. The van der Waals surface area contributed by atoms with Crippen LogP contribution in [0.25, 0.3) is 11.3 Å². The van der Waals surface area contributed by atoms with Crippen LogP contribution < -0.4 is 16.2 Å². The van der Waals surface area contributed by atoms with Gasteiger partial charge in [0.05, 0.1) is 11.7 Å². The number of anilines is 1. The summed E-state index contributed by atoms with van der Waals surface area (Å²) >= 11 is 0. The van der Waals surface area contributed by atoms with E-state index in [9.17, 15) is 9.59 Å². The number of aromatic amines is 1. The lowest BCUT2D eigenvalue weighted by molar-refractivity contribution is 0.249. The van der Waals surface area contributed by atoms with Gasteiger partial charge >= 0.3 is 6.03 Å². The van der Waals surface area contributed by atoms with E-state index in [-0.39, 0.29) is 17.6 Å². The van der Waals surface area contributed by atoms with E-state index >= 15 is 0 Å². The van der Waals surface area contributed by atoms with Gasteiger partial charge in [-0.05, 0) is 43.2 Å². The Morgan fingerprint density at radius 3 is 2.62 bits per heavy atom. The highest BCUT2D eigenvalue weighted by Gasteiger charge is 2.11. The number of amides is 2. The molecular formula is C20H20N4O2. The molecule has 0 aliphatic rings. The molecule has 0 saturated carbocycles. The third-order valence-electron chi connectivity index (χ3n) is 4.10. The van der Waals surface area contributed by atoms with Crippen molar-refractivity contribution in [3.63, 3.8) is 0 Å². The average Bonchev–Trinajstić information content (AvgIpc) is 2.62. The Balaban J connectivity index is 1.70. The predicted octanol–water partition coefficient (Wildman–Crippen LogP) is 3.63. The number of urea groups is 1. The van der Waals surface area contributed by atoms with Crippen molar-refractivity contribution in [2.75, 3.05) is 5.32 Å². The fourth-order valence-corrected chi connectivity index (χ4v) is 2.78. The van der Waals surface area contributed by atoms with E-state index in [0.717, 1.165) is 16.7 Å². The summed E-state index contributed by atoms with van der Waals surface area (Å²) in [7, 11) is 0. The zero-order valence-electron chi connectivity index (χ0n) is 14.6. The van der Waals surface area contributed by atoms with Gasteiger partial charge in [-0.3, -0.25) is 4.79 Å². The van der Waals surface area contributed by atoms with Crippen LogP contribution in [0.3, 0.4) is 0 Å². The highest BCUT2D eigenvalue weighted by molar-refractivity contribution is 5.90. The summed E-state index contributed by atoms with van der Waals surface area (Å²) in [5.74, 6) is 0. The molecule has 0 saturated heterocycles. The number of nitrogens with zero attached hydrogens (tertiary/aromatic N) is 1. The monoisotopic (exact) mass is 348 g/mol. The molecule has 1 unspecified atom stereocenters. The molecule has 1 aromatic heterocycles. The van der Waals surface area contributed by atoms with Crippen LogP contribution in [0.4, 0.5) is 10.5 Å². The van der Waals surface area contributed by atoms with Crippen molar-refractivity contribution < 1.29 is 4.79 Å². The van der Waals surface area contributed by atoms with Crippen LogP contribution in [0.15, 0.2) is 65.5 Å². The number of hydrogen-bond acceptors (Lipinski definition) is 3. The first-order valence-corrected chi connectivity index (χ1v) is 8.32. The van der Waals surface area contributed by atoms with Crippen molar-refractivity contribution in [2.45, 2.75) is 19.9 Å². The zero-order chi connectivity index (χ0) is 18.5. The molecule has 1 atom stereocenters. The van der Waals surface area contributed by atoms with Gasteiger partial charge in [0, 0.05) is 17.3 Å². The number of nitrogens with one attached hydrogen (secondary N) is 3. The Morgan fingerprint density at radius 2 is 1.88 bits per heavy atom. The minimum Gasteiger partial charge on any atom is -0.331 e. The zero-order valence-corrected chi connectivity index (χ0v) is 14.6. The summed E-state index contributed by atoms with van der Waals surface area (Å²) in [6, 6.07) is 17.9. The van der Waals surface area contributed by atoms with E-state index in [1.54, 1.807) is 18.2 Å². The lowest BCUT2D eigenvalue weighted by atomic mass is 10.0. The number of carbonyl (C=O) groups excluding carboxylic acids is 1. The maximum Gasteiger partial charge on any atom is 0.319 e. The van der Waals surface area contributed by atoms with Crippen molar-refractivity contribution in [2.24, 2.45) is 0 Å². The molecule has 3 N–H and O–H groups in total. The SMILES string of the molecule is Cc1ccccc1C(C)NC(=O)Nc1cccc(-c2ccc(=O)[nH]n2)c1. The molecule has 0 fully saturated rings. The molecule has 2 amide bonds. The van der Waals surface area contributed by atoms with Crippen LogP contribution in [-0.2, 0) is 0 Å². The van der Waals surface area contributed by atoms with E-state index < -0.39 is 0 Å². The van der Waals surface area contributed by atoms with Crippen LogP contribution >= 0.6 is 0 Å². The van der Waals surface area contributed by atoms with E-state index in [0.29, 0.717) is 11.4 Å². The second kappa shape index (κ2) is 7.65. The van der Waals surface area contributed by atoms with Gasteiger partial charge in [0.25, 0.3) is 5.56 Å². The van der Waals surface area contributed by atoms with Gasteiger partial charge in [-0.15, -0.1) is 0 Å². The van der Waals surface area contributed by atoms with Crippen molar-refractivity contribution in [3.05, 3.63) is 82.1 Å². The molecule has 0 aliphatic heterocycles. The van der Waals surface area contributed by atoms with Crippen LogP contribution in [0.5, 0.6) is 0 Å². The topological polar surface area (TPSA) is 86.9 Å². The number of benzene rings is 2. The molecule has 1 heterocycles. The lowest BCUT2D eigenvalue weighted by Gasteiger charge is -2.17. The molecule has 0 aliphatic carbocycles. The van der Waals surface area contributed by atoms with E-state index in [1.165, 1.54) is 6.07 Å². The maximum absolute atomic E-state index is 12.3. The quantitative estimate of drug-likeness (QED) is 0.673. The van der Waals surface area contributed by atoms with Gasteiger partial charge in [-0.2, -0.15) is 5.10 Å². The summed E-state index contributed by atoms with van der Waals surface area (Å²) in [4.78, 5) is 23.4. The third-order valence-corrected chi connectivity index (χ3v) is 4.10. The van der Waals surface area contributed by atoms with E-state index in [1.807, 2.05) is 50.2 Å². The second-order valence-electron chi connectivity index (χ2n) is 6.06. The van der Waals surface area contributed by atoms with E-state index in [4.69, 9.17) is 0 Å². The minimum atomic E-state index is -0.285. The fourth-order valence-electron chi connectivity index (χ4n) is 2.78. The summed E-state index contributed by atoms with van der Waals surface area (Å²) < 4.78 is 0. The largest absolute Gasteiger partial charge is 0.331 e. The molecule has 6 nitrogen and oxygen atoms in total. The Morgan fingerprint density at radius 1 is 1.08 bits per heavy atom. The molecule has 3 aromatic rings.